The van der Waals surface area contributed by atoms with Crippen molar-refractivity contribution in [2.24, 2.45) is 5.92 Å². The van der Waals surface area contributed by atoms with Crippen molar-refractivity contribution < 1.29 is 31.1 Å². The van der Waals surface area contributed by atoms with E-state index in [1.54, 1.807) is 6.92 Å². The number of fused-ring (bicyclic) bond motifs is 1. The number of carbonyl (C=O) groups excluding carboxylic acids is 1. The Labute approximate surface area is 168 Å². The van der Waals surface area contributed by atoms with Crippen LogP contribution in [0, 0.1) is 12.8 Å². The van der Waals surface area contributed by atoms with Gasteiger partial charge in [0.25, 0.3) is 0 Å². The Morgan fingerprint density at radius 2 is 1.83 bits per heavy atom. The SMILES string of the molecule is Cc1cc(C(F)(F)F)nn1C[C@H](C)CNC(=O)Cn1nc(C(F)(F)F)c2c1CCC2. The molecule has 1 amide bonds. The van der Waals surface area contributed by atoms with Crippen LogP contribution in [-0.2, 0) is 43.1 Å². The van der Waals surface area contributed by atoms with E-state index in [1.807, 2.05) is 0 Å². The van der Waals surface area contributed by atoms with Gasteiger partial charge in [-0.1, -0.05) is 6.92 Å². The van der Waals surface area contributed by atoms with Crippen LogP contribution in [0.5, 0.6) is 0 Å². The molecule has 0 unspecified atom stereocenters. The average Bonchev–Trinajstić information content (AvgIpc) is 3.29. The van der Waals surface area contributed by atoms with E-state index in [0.29, 0.717) is 24.2 Å². The second-order valence-electron chi connectivity index (χ2n) is 7.54. The van der Waals surface area contributed by atoms with Crippen LogP contribution in [0.25, 0.3) is 0 Å². The molecular weight excluding hydrogens is 416 g/mol. The molecule has 0 spiro atoms. The number of aryl methyl sites for hydroxylation is 1. The molecule has 0 saturated carbocycles. The fraction of sp³-hybridized carbons (Fsp3) is 0.611. The van der Waals surface area contributed by atoms with Crippen molar-refractivity contribution in [3.63, 3.8) is 0 Å². The van der Waals surface area contributed by atoms with Crippen molar-refractivity contribution >= 4 is 5.91 Å². The number of carbonyl (C=O) groups is 1. The molecule has 0 aliphatic heterocycles. The van der Waals surface area contributed by atoms with Crippen molar-refractivity contribution in [1.82, 2.24) is 24.9 Å². The van der Waals surface area contributed by atoms with E-state index in [9.17, 15) is 31.1 Å². The minimum atomic E-state index is -4.57. The van der Waals surface area contributed by atoms with E-state index in [2.05, 4.69) is 15.5 Å². The van der Waals surface area contributed by atoms with Crippen molar-refractivity contribution in [3.8, 4) is 0 Å². The van der Waals surface area contributed by atoms with Crippen LogP contribution in [0.1, 0.15) is 41.7 Å². The topological polar surface area (TPSA) is 64.7 Å². The van der Waals surface area contributed by atoms with E-state index >= 15 is 0 Å². The van der Waals surface area contributed by atoms with Crippen LogP contribution >= 0.6 is 0 Å². The first-order valence-corrected chi connectivity index (χ1v) is 9.40. The Morgan fingerprint density at radius 1 is 1.13 bits per heavy atom. The molecule has 6 nitrogen and oxygen atoms in total. The largest absolute Gasteiger partial charge is 0.435 e. The molecular formula is C18H21F6N5O. The van der Waals surface area contributed by atoms with Gasteiger partial charge in [0.05, 0.1) is 0 Å². The quantitative estimate of drug-likeness (QED) is 0.705. The fourth-order valence-electron chi connectivity index (χ4n) is 3.54. The highest BCUT2D eigenvalue weighted by atomic mass is 19.4. The highest BCUT2D eigenvalue weighted by molar-refractivity contribution is 5.75. The number of rotatable bonds is 6. The molecule has 0 bridgehead atoms. The minimum Gasteiger partial charge on any atom is -0.354 e. The number of halogens is 6. The highest BCUT2D eigenvalue weighted by Gasteiger charge is 2.40. The van der Waals surface area contributed by atoms with E-state index in [1.165, 1.54) is 11.6 Å². The first kappa shape index (κ1) is 22.2. The number of hydrogen-bond donors (Lipinski definition) is 1. The lowest BCUT2D eigenvalue weighted by molar-refractivity contribution is -0.142. The molecule has 0 aromatic carbocycles. The van der Waals surface area contributed by atoms with E-state index in [4.69, 9.17) is 0 Å². The summed E-state index contributed by atoms with van der Waals surface area (Å²) in [7, 11) is 0. The van der Waals surface area contributed by atoms with Crippen LogP contribution in [-0.4, -0.2) is 32.0 Å². The Kier molecular flexibility index (Phi) is 5.87. The lowest BCUT2D eigenvalue weighted by atomic mass is 10.2. The molecule has 12 heteroatoms. The average molecular weight is 437 g/mol. The standard InChI is InChI=1S/C18H21F6N5O/c1-10(8-28-11(2)6-14(26-28)17(19,20)21)7-25-15(30)9-29-13-5-3-4-12(13)16(27-29)18(22,23)24/h6,10H,3-5,7-9H2,1-2H3,(H,25,30)/t10-/m1/s1. The highest BCUT2D eigenvalue weighted by Crippen LogP contribution is 2.36. The third kappa shape index (κ3) is 4.78. The lowest BCUT2D eigenvalue weighted by Crippen LogP contribution is -2.33. The number of hydrogen-bond acceptors (Lipinski definition) is 3. The van der Waals surface area contributed by atoms with E-state index in [0.717, 1.165) is 10.7 Å². The maximum absolute atomic E-state index is 13.1. The zero-order chi connectivity index (χ0) is 22.3. The van der Waals surface area contributed by atoms with Gasteiger partial charge in [0.2, 0.25) is 5.91 Å². The predicted octanol–water partition coefficient (Wildman–Crippen LogP) is 3.37. The smallest absolute Gasteiger partial charge is 0.354 e. The van der Waals surface area contributed by atoms with Gasteiger partial charge in [-0.15, -0.1) is 0 Å². The molecule has 2 heterocycles. The number of aromatic nitrogens is 4. The fourth-order valence-corrected chi connectivity index (χ4v) is 3.54. The molecule has 2 aromatic heterocycles. The Bertz CT molecular complexity index is 927. The zero-order valence-corrected chi connectivity index (χ0v) is 16.4. The summed E-state index contributed by atoms with van der Waals surface area (Å²) in [6.07, 6.45) is -7.81. The van der Waals surface area contributed by atoms with Gasteiger partial charge in [-0.3, -0.25) is 14.2 Å². The van der Waals surface area contributed by atoms with Gasteiger partial charge in [0.1, 0.15) is 6.54 Å². The summed E-state index contributed by atoms with van der Waals surface area (Å²) in [6, 6.07) is 0.946. The van der Waals surface area contributed by atoms with Crippen LogP contribution in [0.4, 0.5) is 26.3 Å². The first-order valence-electron chi connectivity index (χ1n) is 9.40. The summed E-state index contributed by atoms with van der Waals surface area (Å²) >= 11 is 0. The Morgan fingerprint density at radius 3 is 2.43 bits per heavy atom. The van der Waals surface area contributed by atoms with Gasteiger partial charge in [-0.05, 0) is 38.2 Å². The summed E-state index contributed by atoms with van der Waals surface area (Å²) in [5, 5.41) is 9.73. The second-order valence-corrected chi connectivity index (χ2v) is 7.54. The van der Waals surface area contributed by atoms with Crippen LogP contribution in [0.15, 0.2) is 6.07 Å². The number of nitrogens with one attached hydrogen (secondary N) is 1. The summed E-state index contributed by atoms with van der Waals surface area (Å²) in [4.78, 5) is 12.2. The summed E-state index contributed by atoms with van der Waals surface area (Å²) < 4.78 is 79.9. The van der Waals surface area contributed by atoms with Crippen LogP contribution in [0.2, 0.25) is 0 Å². The Balaban J connectivity index is 1.57. The third-order valence-corrected chi connectivity index (χ3v) is 4.97. The molecule has 1 aliphatic rings. The molecule has 3 rings (SSSR count). The van der Waals surface area contributed by atoms with Gasteiger partial charge in [0, 0.05) is 30.0 Å². The zero-order valence-electron chi connectivity index (χ0n) is 16.4. The second kappa shape index (κ2) is 7.95. The third-order valence-electron chi connectivity index (χ3n) is 4.97. The van der Waals surface area contributed by atoms with E-state index in [-0.39, 0.29) is 37.5 Å². The molecule has 1 N–H and O–H groups in total. The maximum Gasteiger partial charge on any atom is 0.435 e. The molecule has 30 heavy (non-hydrogen) atoms. The van der Waals surface area contributed by atoms with Crippen LogP contribution < -0.4 is 5.32 Å². The van der Waals surface area contributed by atoms with Gasteiger partial charge in [-0.2, -0.15) is 36.5 Å². The van der Waals surface area contributed by atoms with E-state index < -0.39 is 29.6 Å². The van der Waals surface area contributed by atoms with Gasteiger partial charge < -0.3 is 5.32 Å². The van der Waals surface area contributed by atoms with Gasteiger partial charge in [-0.25, -0.2) is 0 Å². The van der Waals surface area contributed by atoms with Crippen molar-refractivity contribution in [3.05, 3.63) is 34.4 Å². The summed E-state index contributed by atoms with van der Waals surface area (Å²) in [5.74, 6) is -0.761. The lowest BCUT2D eigenvalue weighted by Gasteiger charge is -2.14. The molecule has 0 radical (unpaired) electrons. The molecule has 0 fully saturated rings. The van der Waals surface area contributed by atoms with Crippen LogP contribution in [0.3, 0.4) is 0 Å². The predicted molar refractivity (Wildman–Crippen MR) is 93.4 cm³/mol. The molecule has 1 aliphatic carbocycles. The van der Waals surface area contributed by atoms with Crippen molar-refractivity contribution in [2.75, 3.05) is 6.54 Å². The first-order chi connectivity index (χ1) is 13.9. The summed E-state index contributed by atoms with van der Waals surface area (Å²) in [6.45, 7) is 3.17. The number of alkyl halides is 6. The van der Waals surface area contributed by atoms with Crippen molar-refractivity contribution in [2.45, 2.75) is 58.6 Å². The molecule has 0 saturated heterocycles. The number of amides is 1. The minimum absolute atomic E-state index is 0.134. The maximum atomic E-state index is 13.1. The van der Waals surface area contributed by atoms with Crippen molar-refractivity contribution in [1.29, 1.82) is 0 Å². The Hall–Kier alpha value is -2.53. The number of nitrogens with zero attached hydrogens (tertiary/aromatic N) is 4. The van der Waals surface area contributed by atoms with Gasteiger partial charge >= 0.3 is 12.4 Å². The monoisotopic (exact) mass is 437 g/mol. The molecule has 2 aromatic rings. The summed E-state index contributed by atoms with van der Waals surface area (Å²) in [5.41, 5.74) is -1.00. The molecule has 166 valence electrons. The normalized spacial score (nSPS) is 15.3. The van der Waals surface area contributed by atoms with Gasteiger partial charge in [0.15, 0.2) is 11.4 Å². The molecule has 1 atom stereocenters.